The monoisotopic (exact) mass is 192 g/mol. The molecule has 0 saturated heterocycles. The third kappa shape index (κ3) is 2.33. The number of rotatable bonds is 2. The molecule has 0 spiro atoms. The molecule has 0 aliphatic carbocycles. The maximum absolute atomic E-state index is 11.1. The fraction of sp³-hybridized carbons (Fsp3) is 0.444. The number of hydrogen-bond donors (Lipinski definition) is 1. The Bertz CT molecular complexity index is 385. The first-order chi connectivity index (χ1) is 6.65. The first-order valence-corrected chi connectivity index (χ1v) is 4.23. The number of carbonyl (C=O) groups is 1. The van der Waals surface area contributed by atoms with E-state index >= 15 is 0 Å². The van der Waals surface area contributed by atoms with Gasteiger partial charge in [-0.25, -0.2) is 0 Å². The van der Waals surface area contributed by atoms with Crippen LogP contribution in [0.3, 0.4) is 0 Å². The van der Waals surface area contributed by atoms with Crippen molar-refractivity contribution in [1.82, 2.24) is 20.3 Å². The SMILES string of the molecule is CC#CC(=O)N[C@H](C)c1cnnn1C. The summed E-state index contributed by atoms with van der Waals surface area (Å²) < 4.78 is 1.62. The van der Waals surface area contributed by atoms with E-state index in [4.69, 9.17) is 0 Å². The molecule has 0 aliphatic heterocycles. The Morgan fingerprint density at radius 2 is 2.43 bits per heavy atom. The average Bonchev–Trinajstić information content (AvgIpc) is 2.51. The maximum atomic E-state index is 11.1. The molecule has 1 heterocycles. The van der Waals surface area contributed by atoms with Gasteiger partial charge >= 0.3 is 0 Å². The zero-order valence-electron chi connectivity index (χ0n) is 8.40. The molecule has 1 rings (SSSR count). The molecule has 1 N–H and O–H groups in total. The molecule has 0 radical (unpaired) electrons. The quantitative estimate of drug-likeness (QED) is 0.672. The lowest BCUT2D eigenvalue weighted by molar-refractivity contribution is -0.116. The van der Waals surface area contributed by atoms with Crippen LogP contribution >= 0.6 is 0 Å². The van der Waals surface area contributed by atoms with Gasteiger partial charge in [0.15, 0.2) is 0 Å². The van der Waals surface area contributed by atoms with Crippen LogP contribution in [0.1, 0.15) is 25.6 Å². The van der Waals surface area contributed by atoms with Crippen LogP contribution in [0.4, 0.5) is 0 Å². The standard InChI is InChI=1S/C9H12N4O/c1-4-5-9(14)11-7(2)8-6-10-12-13(8)3/h6-7H,1-3H3,(H,11,14)/t7-/m1/s1. The Morgan fingerprint density at radius 3 is 2.93 bits per heavy atom. The molecule has 0 aromatic carbocycles. The summed E-state index contributed by atoms with van der Waals surface area (Å²) in [6.45, 7) is 3.48. The van der Waals surface area contributed by atoms with E-state index in [2.05, 4.69) is 27.5 Å². The molecular formula is C9H12N4O. The number of amides is 1. The van der Waals surface area contributed by atoms with Crippen LogP contribution in [0.15, 0.2) is 6.20 Å². The number of carbonyl (C=O) groups excluding carboxylic acids is 1. The lowest BCUT2D eigenvalue weighted by Gasteiger charge is -2.10. The van der Waals surface area contributed by atoms with Gasteiger partial charge in [0, 0.05) is 7.05 Å². The predicted octanol–water partition coefficient (Wildman–Crippen LogP) is 0.0156. The van der Waals surface area contributed by atoms with Gasteiger partial charge in [-0.05, 0) is 19.8 Å². The summed E-state index contributed by atoms with van der Waals surface area (Å²) in [5.74, 6) is 4.65. The molecule has 0 unspecified atom stereocenters. The van der Waals surface area contributed by atoms with Gasteiger partial charge in [-0.1, -0.05) is 11.1 Å². The Hall–Kier alpha value is -1.83. The number of aromatic nitrogens is 3. The van der Waals surface area contributed by atoms with Crippen molar-refractivity contribution in [3.8, 4) is 11.8 Å². The summed E-state index contributed by atoms with van der Waals surface area (Å²) in [5.41, 5.74) is 0.844. The van der Waals surface area contributed by atoms with Crippen LogP contribution in [0, 0.1) is 11.8 Å². The molecule has 14 heavy (non-hydrogen) atoms. The highest BCUT2D eigenvalue weighted by atomic mass is 16.1. The van der Waals surface area contributed by atoms with Gasteiger partial charge in [0.1, 0.15) is 0 Å². The largest absolute Gasteiger partial charge is 0.337 e. The number of hydrogen-bond acceptors (Lipinski definition) is 3. The summed E-state index contributed by atoms with van der Waals surface area (Å²) in [6.07, 6.45) is 1.62. The summed E-state index contributed by atoms with van der Waals surface area (Å²) in [6, 6.07) is -0.136. The van der Waals surface area contributed by atoms with Gasteiger partial charge in [0.25, 0.3) is 5.91 Å². The van der Waals surface area contributed by atoms with E-state index in [-0.39, 0.29) is 11.9 Å². The molecule has 1 atom stereocenters. The predicted molar refractivity (Wildman–Crippen MR) is 51.0 cm³/mol. The minimum Gasteiger partial charge on any atom is -0.337 e. The molecule has 1 amide bonds. The molecule has 74 valence electrons. The molecular weight excluding hydrogens is 180 g/mol. The van der Waals surface area contributed by atoms with Crippen molar-refractivity contribution < 1.29 is 4.79 Å². The number of nitrogens with one attached hydrogen (secondary N) is 1. The van der Waals surface area contributed by atoms with Crippen molar-refractivity contribution in [2.24, 2.45) is 7.05 Å². The lowest BCUT2D eigenvalue weighted by atomic mass is 10.2. The Balaban J connectivity index is 2.66. The van der Waals surface area contributed by atoms with E-state index in [1.165, 1.54) is 0 Å². The van der Waals surface area contributed by atoms with E-state index in [9.17, 15) is 4.79 Å². The van der Waals surface area contributed by atoms with E-state index in [0.29, 0.717) is 0 Å². The van der Waals surface area contributed by atoms with E-state index in [1.807, 2.05) is 6.92 Å². The van der Waals surface area contributed by atoms with Crippen molar-refractivity contribution >= 4 is 5.91 Å². The number of nitrogens with zero attached hydrogens (tertiary/aromatic N) is 3. The third-order valence-electron chi connectivity index (χ3n) is 1.78. The molecule has 1 aromatic rings. The fourth-order valence-corrected chi connectivity index (χ4v) is 1.11. The second kappa shape index (κ2) is 4.42. The van der Waals surface area contributed by atoms with Gasteiger partial charge in [-0.2, -0.15) is 0 Å². The van der Waals surface area contributed by atoms with Crippen LogP contribution in [0.25, 0.3) is 0 Å². The highest BCUT2D eigenvalue weighted by Crippen LogP contribution is 2.07. The van der Waals surface area contributed by atoms with Crippen molar-refractivity contribution in [2.75, 3.05) is 0 Å². The van der Waals surface area contributed by atoms with Crippen LogP contribution in [0.2, 0.25) is 0 Å². The summed E-state index contributed by atoms with van der Waals surface area (Å²) in [7, 11) is 1.77. The van der Waals surface area contributed by atoms with Gasteiger partial charge in [0.05, 0.1) is 17.9 Å². The smallest absolute Gasteiger partial charge is 0.296 e. The first-order valence-electron chi connectivity index (χ1n) is 4.23. The van der Waals surface area contributed by atoms with Gasteiger partial charge in [-0.3, -0.25) is 9.48 Å². The Labute approximate surface area is 82.5 Å². The van der Waals surface area contributed by atoms with Crippen LogP contribution < -0.4 is 5.32 Å². The lowest BCUT2D eigenvalue weighted by Crippen LogP contribution is -2.26. The van der Waals surface area contributed by atoms with Gasteiger partial charge in [0.2, 0.25) is 0 Å². The normalized spacial score (nSPS) is 11.4. The Morgan fingerprint density at radius 1 is 1.71 bits per heavy atom. The molecule has 5 nitrogen and oxygen atoms in total. The highest BCUT2D eigenvalue weighted by Gasteiger charge is 2.11. The third-order valence-corrected chi connectivity index (χ3v) is 1.78. The summed E-state index contributed by atoms with van der Waals surface area (Å²) in [5, 5.41) is 10.2. The molecule has 1 aromatic heterocycles. The maximum Gasteiger partial charge on any atom is 0.296 e. The minimum absolute atomic E-state index is 0.136. The second-order valence-electron chi connectivity index (χ2n) is 2.85. The molecule has 0 aliphatic rings. The highest BCUT2D eigenvalue weighted by molar-refractivity contribution is 5.93. The van der Waals surface area contributed by atoms with Crippen LogP contribution in [0.5, 0.6) is 0 Å². The first kappa shape index (κ1) is 10.3. The van der Waals surface area contributed by atoms with Gasteiger partial charge < -0.3 is 5.32 Å². The Kier molecular flexibility index (Phi) is 3.24. The van der Waals surface area contributed by atoms with E-state index < -0.39 is 0 Å². The molecule has 0 saturated carbocycles. The van der Waals surface area contributed by atoms with Gasteiger partial charge in [-0.15, -0.1) is 5.10 Å². The van der Waals surface area contributed by atoms with E-state index in [1.54, 1.807) is 24.9 Å². The minimum atomic E-state index is -0.291. The summed E-state index contributed by atoms with van der Waals surface area (Å²) >= 11 is 0. The second-order valence-corrected chi connectivity index (χ2v) is 2.85. The van der Waals surface area contributed by atoms with Crippen molar-refractivity contribution in [3.63, 3.8) is 0 Å². The van der Waals surface area contributed by atoms with Crippen molar-refractivity contribution in [1.29, 1.82) is 0 Å². The zero-order chi connectivity index (χ0) is 10.6. The fourth-order valence-electron chi connectivity index (χ4n) is 1.11. The summed E-state index contributed by atoms with van der Waals surface area (Å²) in [4.78, 5) is 11.1. The van der Waals surface area contributed by atoms with E-state index in [0.717, 1.165) is 5.69 Å². The van der Waals surface area contributed by atoms with Crippen molar-refractivity contribution in [3.05, 3.63) is 11.9 Å². The molecule has 0 fully saturated rings. The van der Waals surface area contributed by atoms with Crippen molar-refractivity contribution in [2.45, 2.75) is 19.9 Å². The number of aryl methyl sites for hydroxylation is 1. The zero-order valence-corrected chi connectivity index (χ0v) is 8.40. The van der Waals surface area contributed by atoms with Crippen LogP contribution in [-0.2, 0) is 11.8 Å². The average molecular weight is 192 g/mol. The van der Waals surface area contributed by atoms with Crippen LogP contribution in [-0.4, -0.2) is 20.9 Å². The molecule has 0 bridgehead atoms. The topological polar surface area (TPSA) is 59.8 Å². The molecule has 5 heteroatoms.